The van der Waals surface area contributed by atoms with Crippen LogP contribution in [0.1, 0.15) is 13.8 Å². The lowest BCUT2D eigenvalue weighted by Gasteiger charge is -2.23. The first-order chi connectivity index (χ1) is 7.76. The number of rotatable bonds is 5. The maximum atomic E-state index is 11.5. The van der Waals surface area contributed by atoms with Crippen LogP contribution in [0, 0.1) is 0 Å². The fourth-order valence-corrected chi connectivity index (χ4v) is 1.40. The Morgan fingerprint density at radius 1 is 1.41 bits per heavy atom. The molecular weight excluding hydrogens is 240 g/mol. The Morgan fingerprint density at radius 3 is 2.59 bits per heavy atom. The van der Waals surface area contributed by atoms with Crippen LogP contribution in [0.5, 0.6) is 5.88 Å². The molecule has 0 amide bonds. The van der Waals surface area contributed by atoms with Crippen LogP contribution in [0.4, 0.5) is 5.82 Å². The van der Waals surface area contributed by atoms with E-state index in [4.69, 9.17) is 4.74 Å². The lowest BCUT2D eigenvalue weighted by molar-refractivity contribution is 0.398. The van der Waals surface area contributed by atoms with Gasteiger partial charge in [-0.15, -0.1) is 0 Å². The number of aromatic nitrogens is 1. The Kier molecular flexibility index (Phi) is 3.98. The first-order valence-corrected chi connectivity index (χ1v) is 7.10. The summed E-state index contributed by atoms with van der Waals surface area (Å²) in [6, 6.07) is 5.29. The predicted octanol–water partition coefficient (Wildman–Crippen LogP) is 1.33. The summed E-state index contributed by atoms with van der Waals surface area (Å²) in [6.45, 7) is 3.65. The number of pyridine rings is 1. The molecule has 0 aliphatic rings. The molecule has 96 valence electrons. The summed E-state index contributed by atoms with van der Waals surface area (Å²) in [5, 5.41) is 3.00. The molecule has 6 heteroatoms. The third-order valence-corrected chi connectivity index (χ3v) is 4.78. The van der Waals surface area contributed by atoms with Gasteiger partial charge < -0.3 is 10.1 Å². The zero-order valence-corrected chi connectivity index (χ0v) is 11.3. The van der Waals surface area contributed by atoms with Crippen LogP contribution in [0.3, 0.4) is 0 Å². The molecule has 0 unspecified atom stereocenters. The molecule has 17 heavy (non-hydrogen) atoms. The van der Waals surface area contributed by atoms with Gasteiger partial charge in [0.05, 0.1) is 11.9 Å². The highest BCUT2D eigenvalue weighted by Gasteiger charge is 2.29. The molecule has 1 N–H and O–H groups in total. The molecule has 0 bridgehead atoms. The first-order valence-electron chi connectivity index (χ1n) is 5.21. The first kappa shape index (κ1) is 13.8. The lowest BCUT2D eigenvalue weighted by atomic mass is 10.2. The maximum absolute atomic E-state index is 11.5. The molecule has 0 spiro atoms. The summed E-state index contributed by atoms with van der Waals surface area (Å²) >= 11 is 0. The summed E-state index contributed by atoms with van der Waals surface area (Å²) in [6.07, 6.45) is 1.23. The number of nitrogens with zero attached hydrogens (tertiary/aromatic N) is 1. The third-order valence-electron chi connectivity index (χ3n) is 2.63. The number of sulfone groups is 1. The Balaban J connectivity index is 2.74. The van der Waals surface area contributed by atoms with Gasteiger partial charge in [0.25, 0.3) is 0 Å². The normalized spacial score (nSPS) is 12.2. The van der Waals surface area contributed by atoms with Crippen LogP contribution >= 0.6 is 0 Å². The molecule has 0 fully saturated rings. The molecule has 0 aliphatic carbocycles. The van der Waals surface area contributed by atoms with E-state index in [1.165, 1.54) is 13.4 Å². The van der Waals surface area contributed by atoms with Crippen LogP contribution in [0.25, 0.3) is 0 Å². The Bertz CT molecular complexity index is 483. The summed E-state index contributed by atoms with van der Waals surface area (Å²) in [7, 11) is -1.58. The fourth-order valence-electron chi connectivity index (χ4n) is 1.06. The Morgan fingerprint density at radius 2 is 2.06 bits per heavy atom. The van der Waals surface area contributed by atoms with Crippen LogP contribution < -0.4 is 10.1 Å². The molecule has 0 saturated heterocycles. The van der Waals surface area contributed by atoms with E-state index in [9.17, 15) is 8.42 Å². The van der Waals surface area contributed by atoms with E-state index in [1.54, 1.807) is 32.0 Å². The Labute approximate surface area is 102 Å². The number of methoxy groups -OCH3 is 1. The molecule has 1 aromatic heterocycles. The van der Waals surface area contributed by atoms with Crippen LogP contribution in [-0.4, -0.2) is 38.1 Å². The monoisotopic (exact) mass is 258 g/mol. The second-order valence-electron chi connectivity index (χ2n) is 4.45. The molecule has 0 saturated carbocycles. The minimum absolute atomic E-state index is 0.298. The van der Waals surface area contributed by atoms with E-state index in [0.29, 0.717) is 18.2 Å². The van der Waals surface area contributed by atoms with Crippen molar-refractivity contribution in [3.8, 4) is 5.88 Å². The number of ether oxygens (including phenoxy) is 1. The summed E-state index contributed by atoms with van der Waals surface area (Å²) in [5.41, 5.74) is 0. The molecule has 5 nitrogen and oxygen atoms in total. The minimum Gasteiger partial charge on any atom is -0.481 e. The van der Waals surface area contributed by atoms with Crippen LogP contribution in [-0.2, 0) is 9.84 Å². The molecule has 0 radical (unpaired) electrons. The summed E-state index contributed by atoms with van der Waals surface area (Å²) in [5.74, 6) is 1.09. The minimum atomic E-state index is -3.11. The standard InChI is InChI=1S/C11H18N2O3S/c1-11(2,17(4,14)15)8-12-9-6-5-7-10(13-9)16-3/h5-7H,8H2,1-4H3,(H,12,13). The quantitative estimate of drug-likeness (QED) is 0.862. The van der Waals surface area contributed by atoms with Crippen molar-refractivity contribution in [2.75, 3.05) is 25.2 Å². The second-order valence-corrected chi connectivity index (χ2v) is 7.10. The highest BCUT2D eigenvalue weighted by atomic mass is 32.2. The molecule has 0 aliphatic heterocycles. The van der Waals surface area contributed by atoms with Gasteiger partial charge in [0, 0.05) is 18.9 Å². The smallest absolute Gasteiger partial charge is 0.214 e. The highest BCUT2D eigenvalue weighted by Crippen LogP contribution is 2.17. The average Bonchev–Trinajstić information content (AvgIpc) is 2.25. The van der Waals surface area contributed by atoms with Crippen molar-refractivity contribution < 1.29 is 13.2 Å². The van der Waals surface area contributed by atoms with Crippen molar-refractivity contribution in [3.05, 3.63) is 18.2 Å². The molecule has 1 heterocycles. The zero-order valence-electron chi connectivity index (χ0n) is 10.5. The van der Waals surface area contributed by atoms with Gasteiger partial charge in [-0.25, -0.2) is 8.42 Å². The van der Waals surface area contributed by atoms with Crippen molar-refractivity contribution in [3.63, 3.8) is 0 Å². The average molecular weight is 258 g/mol. The van der Waals surface area contributed by atoms with Gasteiger partial charge in [0.2, 0.25) is 5.88 Å². The second kappa shape index (κ2) is 4.91. The predicted molar refractivity (Wildman–Crippen MR) is 68.2 cm³/mol. The molecule has 0 aromatic carbocycles. The van der Waals surface area contributed by atoms with Gasteiger partial charge in [0.1, 0.15) is 5.82 Å². The number of hydrogen-bond acceptors (Lipinski definition) is 5. The third kappa shape index (κ3) is 3.59. The van der Waals surface area contributed by atoms with Gasteiger partial charge >= 0.3 is 0 Å². The highest BCUT2D eigenvalue weighted by molar-refractivity contribution is 7.92. The topological polar surface area (TPSA) is 68.3 Å². The summed E-state index contributed by atoms with van der Waals surface area (Å²) in [4.78, 5) is 4.15. The van der Waals surface area contributed by atoms with Crippen LogP contribution in [0.15, 0.2) is 18.2 Å². The van der Waals surface area contributed by atoms with E-state index in [1.807, 2.05) is 0 Å². The molecule has 1 rings (SSSR count). The number of nitrogens with one attached hydrogen (secondary N) is 1. The van der Waals surface area contributed by atoms with Gasteiger partial charge in [-0.3, -0.25) is 0 Å². The van der Waals surface area contributed by atoms with E-state index in [-0.39, 0.29) is 0 Å². The molecular formula is C11H18N2O3S. The van der Waals surface area contributed by atoms with Crippen molar-refractivity contribution >= 4 is 15.7 Å². The maximum Gasteiger partial charge on any atom is 0.214 e. The SMILES string of the molecule is COc1cccc(NCC(C)(C)S(C)(=O)=O)n1. The largest absolute Gasteiger partial charge is 0.481 e. The number of hydrogen-bond donors (Lipinski definition) is 1. The Hall–Kier alpha value is -1.30. The molecule has 0 atom stereocenters. The zero-order chi connectivity index (χ0) is 13.1. The van der Waals surface area contributed by atoms with E-state index >= 15 is 0 Å². The van der Waals surface area contributed by atoms with Crippen molar-refractivity contribution in [2.24, 2.45) is 0 Å². The van der Waals surface area contributed by atoms with Gasteiger partial charge in [-0.05, 0) is 19.9 Å². The van der Waals surface area contributed by atoms with Crippen LogP contribution in [0.2, 0.25) is 0 Å². The molecule has 1 aromatic rings. The van der Waals surface area contributed by atoms with Crippen molar-refractivity contribution in [1.29, 1.82) is 0 Å². The fraction of sp³-hybridized carbons (Fsp3) is 0.545. The lowest BCUT2D eigenvalue weighted by Crippen LogP contribution is -2.38. The van der Waals surface area contributed by atoms with Gasteiger partial charge in [-0.1, -0.05) is 6.07 Å². The number of anilines is 1. The van der Waals surface area contributed by atoms with E-state index in [0.717, 1.165) is 0 Å². The van der Waals surface area contributed by atoms with Crippen molar-refractivity contribution in [2.45, 2.75) is 18.6 Å². The van der Waals surface area contributed by atoms with Crippen molar-refractivity contribution in [1.82, 2.24) is 4.98 Å². The van der Waals surface area contributed by atoms with Gasteiger partial charge in [-0.2, -0.15) is 4.98 Å². The van der Waals surface area contributed by atoms with E-state index in [2.05, 4.69) is 10.3 Å². The van der Waals surface area contributed by atoms with E-state index < -0.39 is 14.6 Å². The summed E-state index contributed by atoms with van der Waals surface area (Å²) < 4.78 is 27.2. The van der Waals surface area contributed by atoms with Gasteiger partial charge in [0.15, 0.2) is 9.84 Å².